The van der Waals surface area contributed by atoms with Gasteiger partial charge in [-0.25, -0.2) is 9.18 Å². The summed E-state index contributed by atoms with van der Waals surface area (Å²) in [5.74, 6) is -0.866. The molecule has 3 amide bonds. The summed E-state index contributed by atoms with van der Waals surface area (Å²) in [5, 5.41) is 19.2. The molecule has 0 saturated carbocycles. The zero-order valence-electron chi connectivity index (χ0n) is 23.1. The molecule has 1 atom stereocenters. The Kier molecular flexibility index (Phi) is 8.95. The third-order valence-electron chi connectivity index (χ3n) is 7.12. The van der Waals surface area contributed by atoms with Gasteiger partial charge in [-0.1, -0.05) is 28.9 Å². The number of hydrogen-bond acceptors (Lipinski definition) is 8. The highest BCUT2D eigenvalue weighted by Crippen LogP contribution is 2.28. The zero-order chi connectivity index (χ0) is 30.5. The number of nitrogens with zero attached hydrogens (tertiary/aromatic N) is 5. The van der Waals surface area contributed by atoms with Crippen LogP contribution in [0.25, 0.3) is 10.9 Å². The fourth-order valence-electron chi connectivity index (χ4n) is 5.02. The lowest BCUT2D eigenvalue weighted by Crippen LogP contribution is -2.46. The van der Waals surface area contributed by atoms with Gasteiger partial charge in [-0.3, -0.25) is 14.4 Å². The van der Waals surface area contributed by atoms with Gasteiger partial charge in [-0.15, -0.1) is 10.2 Å². The van der Waals surface area contributed by atoms with Gasteiger partial charge >= 0.3 is 6.09 Å². The van der Waals surface area contributed by atoms with E-state index in [2.05, 4.69) is 31.3 Å². The Morgan fingerprint density at radius 3 is 2.79 bits per heavy atom. The van der Waals surface area contributed by atoms with E-state index in [4.69, 9.17) is 16.3 Å². The number of carbonyl (C=O) groups is 4. The first kappa shape index (κ1) is 29.6. The Hall–Kier alpha value is -4.85. The summed E-state index contributed by atoms with van der Waals surface area (Å²) >= 11 is 5.83. The Morgan fingerprint density at radius 2 is 2.02 bits per heavy atom. The van der Waals surface area contributed by atoms with Crippen molar-refractivity contribution >= 4 is 46.2 Å². The molecule has 13 nitrogen and oxygen atoms in total. The Morgan fingerprint density at radius 1 is 1.19 bits per heavy atom. The number of hydrogen-bond donors (Lipinski definition) is 3. The number of Topliss-reactive ketones (excluding diaryl/α,β-unsaturated/α-hetero) is 1. The van der Waals surface area contributed by atoms with Crippen LogP contribution in [-0.4, -0.2) is 72.9 Å². The van der Waals surface area contributed by atoms with Crippen LogP contribution < -0.4 is 15.4 Å². The number of rotatable bonds is 10. The number of likely N-dealkylation sites (tertiary alicyclic amines) is 1. The van der Waals surface area contributed by atoms with Gasteiger partial charge in [-0.2, -0.15) is 5.21 Å². The average Bonchev–Trinajstić information content (AvgIpc) is 3.74. The van der Waals surface area contributed by atoms with Crippen molar-refractivity contribution in [3.05, 3.63) is 70.4 Å². The third kappa shape index (κ3) is 6.80. The Labute approximate surface area is 249 Å². The van der Waals surface area contributed by atoms with E-state index in [1.165, 1.54) is 24.0 Å². The molecule has 43 heavy (non-hydrogen) atoms. The number of amides is 3. The van der Waals surface area contributed by atoms with Crippen molar-refractivity contribution in [2.75, 3.05) is 13.1 Å². The molecule has 2 aromatic carbocycles. The van der Waals surface area contributed by atoms with E-state index in [1.807, 2.05) is 0 Å². The number of aromatic nitrogens is 5. The molecule has 1 saturated heterocycles. The maximum absolute atomic E-state index is 14.2. The summed E-state index contributed by atoms with van der Waals surface area (Å²) in [6.45, 7) is 1.84. The van der Waals surface area contributed by atoms with E-state index < -0.39 is 18.0 Å². The van der Waals surface area contributed by atoms with Crippen LogP contribution in [0.3, 0.4) is 0 Å². The molecule has 2 aromatic heterocycles. The second-order valence-corrected chi connectivity index (χ2v) is 10.4. The normalized spacial score (nSPS) is 14.6. The second kappa shape index (κ2) is 13.0. The molecular weight excluding hydrogens is 583 g/mol. The molecule has 0 unspecified atom stereocenters. The maximum Gasteiger partial charge on any atom is 0.412 e. The van der Waals surface area contributed by atoms with Gasteiger partial charge in [0.25, 0.3) is 0 Å². The number of halogens is 2. The van der Waals surface area contributed by atoms with E-state index in [-0.39, 0.29) is 53.6 Å². The molecule has 3 N–H and O–H groups in total. The molecule has 3 heterocycles. The van der Waals surface area contributed by atoms with Crippen LogP contribution in [0.4, 0.5) is 9.18 Å². The summed E-state index contributed by atoms with van der Waals surface area (Å²) < 4.78 is 21.2. The number of fused-ring (bicyclic) bond motifs is 1. The molecule has 1 fully saturated rings. The molecule has 4 aromatic rings. The summed E-state index contributed by atoms with van der Waals surface area (Å²) in [6, 6.07) is 8.63. The van der Waals surface area contributed by atoms with Crippen LogP contribution in [0, 0.1) is 5.82 Å². The number of aromatic amines is 1. The first-order valence-corrected chi connectivity index (χ1v) is 13.9. The first-order valence-electron chi connectivity index (χ1n) is 13.5. The summed E-state index contributed by atoms with van der Waals surface area (Å²) in [5.41, 5.74) is 1.18. The topological polar surface area (TPSA) is 164 Å². The van der Waals surface area contributed by atoms with Crippen molar-refractivity contribution in [2.24, 2.45) is 0 Å². The van der Waals surface area contributed by atoms with E-state index in [0.717, 1.165) is 0 Å². The standard InChI is InChI=1S/C28H28ClFN8O5/c1-16(39)20-14-37(22-8-7-18(12-19(20)22)43-28(42)31-10-9-24-33-35-36-34-24)15-25(40)38-11-3-6-23(38)27(41)32-13-17-4-2-5-21(29)26(17)30/h2,4-5,7-8,12,14,23H,3,6,9-11,13,15H2,1H3,(H,31,42)(H,32,41)(H,33,34,35,36)/t23-/m0/s1. The lowest BCUT2D eigenvalue weighted by atomic mass is 10.1. The number of tetrazole rings is 1. The summed E-state index contributed by atoms with van der Waals surface area (Å²) in [6.07, 6.45) is 2.35. The fraction of sp³-hybridized carbons (Fsp3) is 0.321. The monoisotopic (exact) mass is 610 g/mol. The number of carbonyl (C=O) groups excluding carboxylic acids is 4. The van der Waals surface area contributed by atoms with Gasteiger partial charge in [0.1, 0.15) is 24.2 Å². The van der Waals surface area contributed by atoms with E-state index in [9.17, 15) is 23.6 Å². The highest BCUT2D eigenvalue weighted by Gasteiger charge is 2.34. The number of ketones is 1. The molecule has 224 valence electrons. The Balaban J connectivity index is 1.24. The molecule has 0 bridgehead atoms. The predicted molar refractivity (Wildman–Crippen MR) is 152 cm³/mol. The van der Waals surface area contributed by atoms with Gasteiger partial charge in [0.15, 0.2) is 11.6 Å². The molecule has 5 rings (SSSR count). The zero-order valence-corrected chi connectivity index (χ0v) is 23.9. The van der Waals surface area contributed by atoms with E-state index >= 15 is 0 Å². The second-order valence-electron chi connectivity index (χ2n) is 9.98. The minimum absolute atomic E-state index is 0.0350. The van der Waals surface area contributed by atoms with Gasteiger partial charge < -0.3 is 24.8 Å². The van der Waals surface area contributed by atoms with E-state index in [1.54, 1.807) is 35.0 Å². The Bertz CT molecular complexity index is 1680. The molecule has 0 spiro atoms. The lowest BCUT2D eigenvalue weighted by molar-refractivity contribution is -0.138. The van der Waals surface area contributed by atoms with Crippen molar-refractivity contribution in [1.29, 1.82) is 0 Å². The number of H-pyrrole nitrogens is 1. The molecule has 1 aliphatic rings. The van der Waals surface area contributed by atoms with Gasteiger partial charge in [0, 0.05) is 54.3 Å². The van der Waals surface area contributed by atoms with Gasteiger partial charge in [0.2, 0.25) is 11.8 Å². The fourth-order valence-corrected chi connectivity index (χ4v) is 5.21. The smallest absolute Gasteiger partial charge is 0.410 e. The van der Waals surface area contributed by atoms with Crippen molar-refractivity contribution in [2.45, 2.75) is 45.3 Å². The van der Waals surface area contributed by atoms with Crippen molar-refractivity contribution in [3.8, 4) is 5.75 Å². The van der Waals surface area contributed by atoms with Crippen molar-refractivity contribution in [1.82, 2.24) is 40.7 Å². The molecule has 0 aliphatic carbocycles. The van der Waals surface area contributed by atoms with Gasteiger partial charge in [-0.05, 0) is 44.0 Å². The lowest BCUT2D eigenvalue weighted by Gasteiger charge is -2.24. The van der Waals surface area contributed by atoms with Crippen LogP contribution in [-0.2, 0) is 29.1 Å². The predicted octanol–water partition coefficient (Wildman–Crippen LogP) is 2.79. The molecule has 0 radical (unpaired) electrons. The number of nitrogens with one attached hydrogen (secondary N) is 3. The highest BCUT2D eigenvalue weighted by atomic mass is 35.5. The van der Waals surface area contributed by atoms with Crippen LogP contribution in [0.5, 0.6) is 5.75 Å². The first-order chi connectivity index (χ1) is 20.7. The SMILES string of the molecule is CC(=O)c1cn(CC(=O)N2CCC[C@H]2C(=O)NCc2cccc(Cl)c2F)c2ccc(OC(=O)NCCc3nn[nH]n3)cc12. The van der Waals surface area contributed by atoms with Crippen LogP contribution in [0.2, 0.25) is 5.02 Å². The molecule has 15 heteroatoms. The average molecular weight is 611 g/mol. The minimum atomic E-state index is -0.706. The van der Waals surface area contributed by atoms with Crippen molar-refractivity contribution in [3.63, 3.8) is 0 Å². The number of ether oxygens (including phenoxy) is 1. The summed E-state index contributed by atoms with van der Waals surface area (Å²) in [7, 11) is 0. The number of benzene rings is 2. The highest BCUT2D eigenvalue weighted by molar-refractivity contribution is 6.30. The third-order valence-corrected chi connectivity index (χ3v) is 7.41. The van der Waals surface area contributed by atoms with Crippen LogP contribution >= 0.6 is 11.6 Å². The minimum Gasteiger partial charge on any atom is -0.410 e. The maximum atomic E-state index is 14.2. The van der Waals surface area contributed by atoms with Gasteiger partial charge in [0.05, 0.1) is 5.02 Å². The van der Waals surface area contributed by atoms with Crippen LogP contribution in [0.1, 0.15) is 41.5 Å². The molecular formula is C28H28ClFN8O5. The quantitative estimate of drug-likeness (QED) is 0.231. The summed E-state index contributed by atoms with van der Waals surface area (Å²) in [4.78, 5) is 52.6. The van der Waals surface area contributed by atoms with Crippen LogP contribution in [0.15, 0.2) is 42.6 Å². The van der Waals surface area contributed by atoms with Crippen molar-refractivity contribution < 1.29 is 28.3 Å². The molecule has 1 aliphatic heterocycles. The van der Waals surface area contributed by atoms with E-state index in [0.29, 0.717) is 48.1 Å². The largest absolute Gasteiger partial charge is 0.412 e.